The molecule has 1 heterocycles. The smallest absolute Gasteiger partial charge is 0.335 e. The molecular formula is C17H16BrNO2. The third-order valence-electron chi connectivity index (χ3n) is 3.79. The summed E-state index contributed by atoms with van der Waals surface area (Å²) in [6, 6.07) is 13.7. The molecule has 3 rings (SSSR count). The molecule has 1 atom stereocenters. The number of benzene rings is 2. The van der Waals surface area contributed by atoms with Gasteiger partial charge in [0.05, 0.1) is 5.56 Å². The van der Waals surface area contributed by atoms with Crippen LogP contribution >= 0.6 is 15.9 Å². The molecule has 1 N–H and O–H groups in total. The van der Waals surface area contributed by atoms with Gasteiger partial charge in [0, 0.05) is 22.4 Å². The summed E-state index contributed by atoms with van der Waals surface area (Å²) in [5, 5.41) is 9.24. The number of rotatable bonds is 2. The summed E-state index contributed by atoms with van der Waals surface area (Å²) in [6.07, 6.45) is 1.06. The molecule has 0 radical (unpaired) electrons. The van der Waals surface area contributed by atoms with Gasteiger partial charge in [0.25, 0.3) is 0 Å². The molecule has 21 heavy (non-hydrogen) atoms. The number of nitrogens with zero attached hydrogens (tertiary/aromatic N) is 1. The Balaban J connectivity index is 2.10. The van der Waals surface area contributed by atoms with Crippen LogP contribution in [-0.2, 0) is 6.42 Å². The first kappa shape index (κ1) is 14.1. The molecule has 3 nitrogen and oxygen atoms in total. The average molecular weight is 346 g/mol. The fourth-order valence-electron chi connectivity index (χ4n) is 2.89. The van der Waals surface area contributed by atoms with Crippen molar-refractivity contribution in [2.24, 2.45) is 5.92 Å². The molecule has 0 fully saturated rings. The minimum absolute atomic E-state index is 0.301. The first-order valence-electron chi connectivity index (χ1n) is 6.94. The highest BCUT2D eigenvalue weighted by molar-refractivity contribution is 9.10. The Morgan fingerprint density at radius 3 is 2.81 bits per heavy atom. The third-order valence-corrected chi connectivity index (χ3v) is 4.24. The van der Waals surface area contributed by atoms with Gasteiger partial charge in [-0.3, -0.25) is 0 Å². The van der Waals surface area contributed by atoms with Crippen LogP contribution in [0.15, 0.2) is 46.9 Å². The molecule has 1 aliphatic rings. The Labute approximate surface area is 132 Å². The number of para-hydroxylation sites is 1. The predicted molar refractivity (Wildman–Crippen MR) is 87.4 cm³/mol. The molecule has 2 aromatic rings. The van der Waals surface area contributed by atoms with Gasteiger partial charge in [-0.05, 0) is 42.2 Å². The standard InChI is InChI=1S/C17H16BrNO2/c1-11-6-12-4-2-3-5-16(12)19(10-11)15-8-13(17(20)21)7-14(18)9-15/h2-5,7-9,11H,6,10H2,1H3,(H,20,21). The van der Waals surface area contributed by atoms with Crippen LogP contribution in [0.1, 0.15) is 22.8 Å². The summed E-state index contributed by atoms with van der Waals surface area (Å²) in [5.74, 6) is -0.372. The van der Waals surface area contributed by atoms with Crippen LogP contribution in [0.4, 0.5) is 11.4 Å². The Bertz CT molecular complexity index is 699. The molecule has 0 aliphatic carbocycles. The molecule has 1 aliphatic heterocycles. The lowest BCUT2D eigenvalue weighted by molar-refractivity contribution is 0.0697. The molecule has 108 valence electrons. The maximum Gasteiger partial charge on any atom is 0.335 e. The zero-order valence-electron chi connectivity index (χ0n) is 11.7. The predicted octanol–water partition coefficient (Wildman–Crippen LogP) is 4.48. The molecule has 0 amide bonds. The molecular weight excluding hydrogens is 330 g/mol. The largest absolute Gasteiger partial charge is 0.478 e. The first-order valence-corrected chi connectivity index (χ1v) is 7.73. The van der Waals surface area contributed by atoms with Gasteiger partial charge in [-0.25, -0.2) is 4.79 Å². The highest BCUT2D eigenvalue weighted by Gasteiger charge is 2.23. The minimum Gasteiger partial charge on any atom is -0.478 e. The number of fused-ring (bicyclic) bond motifs is 1. The number of anilines is 2. The monoisotopic (exact) mass is 345 g/mol. The number of carboxylic acid groups (broad SMARTS) is 1. The van der Waals surface area contributed by atoms with Crippen molar-refractivity contribution >= 4 is 33.3 Å². The van der Waals surface area contributed by atoms with E-state index in [1.54, 1.807) is 12.1 Å². The maximum atomic E-state index is 11.3. The fraction of sp³-hybridized carbons (Fsp3) is 0.235. The first-order chi connectivity index (χ1) is 10.0. The van der Waals surface area contributed by atoms with Crippen LogP contribution in [0.25, 0.3) is 0 Å². The van der Waals surface area contributed by atoms with E-state index in [2.05, 4.69) is 46.0 Å². The quantitative estimate of drug-likeness (QED) is 0.872. The topological polar surface area (TPSA) is 40.5 Å². The zero-order chi connectivity index (χ0) is 15.0. The second kappa shape index (κ2) is 5.53. The Morgan fingerprint density at radius 2 is 2.05 bits per heavy atom. The van der Waals surface area contributed by atoms with Crippen molar-refractivity contribution < 1.29 is 9.90 Å². The lowest BCUT2D eigenvalue weighted by Gasteiger charge is -2.35. The van der Waals surface area contributed by atoms with Crippen molar-refractivity contribution in [2.75, 3.05) is 11.4 Å². The van der Waals surface area contributed by atoms with Crippen molar-refractivity contribution in [1.29, 1.82) is 0 Å². The molecule has 0 spiro atoms. The second-order valence-electron chi connectivity index (χ2n) is 5.55. The number of carboxylic acids is 1. The van der Waals surface area contributed by atoms with Crippen LogP contribution in [0.3, 0.4) is 0 Å². The lowest BCUT2D eigenvalue weighted by Crippen LogP contribution is -2.30. The van der Waals surface area contributed by atoms with E-state index < -0.39 is 5.97 Å². The van der Waals surface area contributed by atoms with E-state index in [0.717, 1.165) is 23.1 Å². The van der Waals surface area contributed by atoms with Crippen LogP contribution in [0.5, 0.6) is 0 Å². The van der Waals surface area contributed by atoms with Crippen LogP contribution in [-0.4, -0.2) is 17.6 Å². The van der Waals surface area contributed by atoms with Gasteiger partial charge in [-0.2, -0.15) is 0 Å². The van der Waals surface area contributed by atoms with E-state index in [-0.39, 0.29) is 0 Å². The van der Waals surface area contributed by atoms with Gasteiger partial charge in [-0.1, -0.05) is 41.1 Å². The van der Waals surface area contributed by atoms with E-state index >= 15 is 0 Å². The van der Waals surface area contributed by atoms with Gasteiger partial charge in [0.15, 0.2) is 0 Å². The van der Waals surface area contributed by atoms with Crippen molar-refractivity contribution in [1.82, 2.24) is 0 Å². The summed E-state index contributed by atoms with van der Waals surface area (Å²) >= 11 is 3.41. The number of carbonyl (C=O) groups is 1. The summed E-state index contributed by atoms with van der Waals surface area (Å²) in [4.78, 5) is 13.5. The summed E-state index contributed by atoms with van der Waals surface area (Å²) in [7, 11) is 0. The van der Waals surface area contributed by atoms with Gasteiger partial charge >= 0.3 is 5.97 Å². The average Bonchev–Trinajstić information content (AvgIpc) is 2.45. The molecule has 0 bridgehead atoms. The molecule has 4 heteroatoms. The summed E-state index contributed by atoms with van der Waals surface area (Å²) in [6.45, 7) is 3.12. The normalized spacial score (nSPS) is 17.4. The SMILES string of the molecule is CC1Cc2ccccc2N(c2cc(Br)cc(C(=O)O)c2)C1. The molecule has 0 saturated carbocycles. The Morgan fingerprint density at radius 1 is 1.29 bits per heavy atom. The molecule has 1 unspecified atom stereocenters. The molecule has 0 aromatic heterocycles. The van der Waals surface area contributed by atoms with E-state index in [1.807, 2.05) is 12.1 Å². The van der Waals surface area contributed by atoms with E-state index in [9.17, 15) is 9.90 Å². The van der Waals surface area contributed by atoms with Gasteiger partial charge < -0.3 is 10.0 Å². The third kappa shape index (κ3) is 2.81. The van der Waals surface area contributed by atoms with Gasteiger partial charge in [0.1, 0.15) is 0 Å². The molecule has 2 aromatic carbocycles. The second-order valence-corrected chi connectivity index (χ2v) is 6.47. The van der Waals surface area contributed by atoms with Gasteiger partial charge in [-0.15, -0.1) is 0 Å². The van der Waals surface area contributed by atoms with E-state index in [0.29, 0.717) is 11.5 Å². The number of aromatic carboxylic acids is 1. The van der Waals surface area contributed by atoms with E-state index in [1.165, 1.54) is 11.3 Å². The fourth-order valence-corrected chi connectivity index (χ4v) is 3.38. The summed E-state index contributed by atoms with van der Waals surface area (Å²) < 4.78 is 0.785. The zero-order valence-corrected chi connectivity index (χ0v) is 13.3. The highest BCUT2D eigenvalue weighted by Crippen LogP contribution is 2.36. The van der Waals surface area contributed by atoms with Crippen LogP contribution in [0.2, 0.25) is 0 Å². The number of hydrogen-bond acceptors (Lipinski definition) is 2. The Kier molecular flexibility index (Phi) is 3.72. The van der Waals surface area contributed by atoms with Gasteiger partial charge in [0.2, 0.25) is 0 Å². The van der Waals surface area contributed by atoms with Crippen molar-refractivity contribution in [3.05, 3.63) is 58.1 Å². The Hall–Kier alpha value is -1.81. The minimum atomic E-state index is -0.907. The lowest BCUT2D eigenvalue weighted by atomic mass is 9.93. The number of halogens is 1. The van der Waals surface area contributed by atoms with Crippen LogP contribution < -0.4 is 4.90 Å². The number of hydrogen-bond donors (Lipinski definition) is 1. The highest BCUT2D eigenvalue weighted by atomic mass is 79.9. The van der Waals surface area contributed by atoms with Crippen LogP contribution in [0, 0.1) is 5.92 Å². The van der Waals surface area contributed by atoms with Crippen molar-refractivity contribution in [2.45, 2.75) is 13.3 Å². The van der Waals surface area contributed by atoms with Crippen molar-refractivity contribution in [3.8, 4) is 0 Å². The van der Waals surface area contributed by atoms with E-state index in [4.69, 9.17) is 0 Å². The van der Waals surface area contributed by atoms with Crippen molar-refractivity contribution in [3.63, 3.8) is 0 Å². The summed E-state index contributed by atoms with van der Waals surface area (Å²) in [5.41, 5.74) is 3.70. The maximum absolute atomic E-state index is 11.3. The molecule has 0 saturated heterocycles.